The highest BCUT2D eigenvalue weighted by Crippen LogP contribution is 2.37. The SMILES string of the molecule is CC(C)(C)CC(C)(C)c1ccc2oc(-c3ccc(C=Cc4ccccc4)cc3)nc2c1. The fourth-order valence-corrected chi connectivity index (χ4v) is 4.39. The number of rotatable bonds is 5. The van der Waals surface area contributed by atoms with Gasteiger partial charge in [-0.3, -0.25) is 0 Å². The van der Waals surface area contributed by atoms with Crippen molar-refractivity contribution in [1.29, 1.82) is 0 Å². The predicted octanol–water partition coefficient (Wildman–Crippen LogP) is 8.38. The number of aromatic nitrogens is 1. The maximum Gasteiger partial charge on any atom is 0.227 e. The van der Waals surface area contributed by atoms with Crippen molar-refractivity contribution in [3.63, 3.8) is 0 Å². The molecule has 0 unspecified atom stereocenters. The van der Waals surface area contributed by atoms with E-state index in [2.05, 4.69) is 101 Å². The molecule has 0 amide bonds. The first kappa shape index (κ1) is 21.1. The van der Waals surface area contributed by atoms with E-state index in [1.54, 1.807) is 0 Å². The van der Waals surface area contributed by atoms with Gasteiger partial charge >= 0.3 is 0 Å². The Morgan fingerprint density at radius 3 is 2.06 bits per heavy atom. The van der Waals surface area contributed by atoms with Crippen LogP contribution in [0.1, 0.15) is 57.7 Å². The molecule has 0 atom stereocenters. The highest BCUT2D eigenvalue weighted by atomic mass is 16.3. The highest BCUT2D eigenvalue weighted by Gasteiger charge is 2.27. The Balaban J connectivity index is 1.56. The maximum absolute atomic E-state index is 6.06. The van der Waals surface area contributed by atoms with Crippen LogP contribution in [0.2, 0.25) is 0 Å². The molecule has 0 aliphatic rings. The number of hydrogen-bond acceptors (Lipinski definition) is 2. The molecule has 31 heavy (non-hydrogen) atoms. The van der Waals surface area contributed by atoms with E-state index < -0.39 is 0 Å². The molecule has 2 heteroatoms. The van der Waals surface area contributed by atoms with Crippen molar-refractivity contribution in [2.45, 2.75) is 46.5 Å². The van der Waals surface area contributed by atoms with Crippen molar-refractivity contribution in [1.82, 2.24) is 4.98 Å². The Hall–Kier alpha value is -3.13. The molecule has 0 bridgehead atoms. The molecule has 0 aliphatic carbocycles. The van der Waals surface area contributed by atoms with Crippen molar-refractivity contribution in [3.05, 3.63) is 89.5 Å². The number of oxazole rings is 1. The Bertz CT molecular complexity index is 1190. The van der Waals surface area contributed by atoms with Gasteiger partial charge in [0.25, 0.3) is 0 Å². The molecule has 2 nitrogen and oxygen atoms in total. The summed E-state index contributed by atoms with van der Waals surface area (Å²) in [5, 5.41) is 0. The second-order valence-electron chi connectivity index (χ2n) is 10.2. The van der Waals surface area contributed by atoms with Crippen molar-refractivity contribution < 1.29 is 4.42 Å². The van der Waals surface area contributed by atoms with Gasteiger partial charge in [0.05, 0.1) is 0 Å². The lowest BCUT2D eigenvalue weighted by molar-refractivity contribution is 0.284. The molecular formula is C29H31NO. The highest BCUT2D eigenvalue weighted by molar-refractivity contribution is 5.78. The zero-order valence-corrected chi connectivity index (χ0v) is 19.1. The monoisotopic (exact) mass is 409 g/mol. The number of hydrogen-bond donors (Lipinski definition) is 0. The fraction of sp³-hybridized carbons (Fsp3) is 0.276. The van der Waals surface area contributed by atoms with Gasteiger partial charge < -0.3 is 4.42 Å². The second kappa shape index (κ2) is 8.19. The van der Waals surface area contributed by atoms with Crippen LogP contribution in [0.3, 0.4) is 0 Å². The first-order valence-corrected chi connectivity index (χ1v) is 10.9. The lowest BCUT2D eigenvalue weighted by Gasteiger charge is -2.32. The smallest absolute Gasteiger partial charge is 0.227 e. The molecule has 4 aromatic rings. The van der Waals surface area contributed by atoms with Crippen molar-refractivity contribution >= 4 is 23.3 Å². The van der Waals surface area contributed by atoms with Crippen LogP contribution >= 0.6 is 0 Å². The van der Waals surface area contributed by atoms with Crippen LogP contribution in [-0.2, 0) is 5.41 Å². The molecule has 0 spiro atoms. The third kappa shape index (κ3) is 5.14. The number of nitrogens with zero attached hydrogens (tertiary/aromatic N) is 1. The van der Waals surface area contributed by atoms with E-state index in [0.29, 0.717) is 5.89 Å². The molecule has 0 aliphatic heterocycles. The summed E-state index contributed by atoms with van der Waals surface area (Å²) in [6, 6.07) is 25.1. The summed E-state index contributed by atoms with van der Waals surface area (Å²) < 4.78 is 6.06. The Morgan fingerprint density at radius 1 is 0.774 bits per heavy atom. The summed E-state index contributed by atoms with van der Waals surface area (Å²) in [6.45, 7) is 11.5. The molecule has 0 radical (unpaired) electrons. The quantitative estimate of drug-likeness (QED) is 0.309. The van der Waals surface area contributed by atoms with Crippen LogP contribution in [0.15, 0.2) is 77.2 Å². The molecule has 0 saturated carbocycles. The second-order valence-corrected chi connectivity index (χ2v) is 10.2. The van der Waals surface area contributed by atoms with E-state index in [1.165, 1.54) is 11.1 Å². The van der Waals surface area contributed by atoms with Crippen molar-refractivity contribution in [3.8, 4) is 11.5 Å². The Morgan fingerprint density at radius 2 is 1.42 bits per heavy atom. The minimum atomic E-state index is 0.0816. The van der Waals surface area contributed by atoms with E-state index in [9.17, 15) is 0 Å². The third-order valence-electron chi connectivity index (χ3n) is 5.57. The maximum atomic E-state index is 6.06. The van der Waals surface area contributed by atoms with Crippen LogP contribution in [0, 0.1) is 5.41 Å². The zero-order chi connectivity index (χ0) is 22.1. The molecule has 0 fully saturated rings. The molecular weight excluding hydrogens is 378 g/mol. The molecule has 1 heterocycles. The van der Waals surface area contributed by atoms with Crippen LogP contribution in [0.4, 0.5) is 0 Å². The minimum absolute atomic E-state index is 0.0816. The van der Waals surface area contributed by atoms with E-state index in [4.69, 9.17) is 9.40 Å². The average molecular weight is 410 g/mol. The average Bonchev–Trinajstić information content (AvgIpc) is 3.15. The van der Waals surface area contributed by atoms with E-state index in [1.807, 2.05) is 18.2 Å². The lowest BCUT2D eigenvalue weighted by atomic mass is 9.72. The normalized spacial score (nSPS) is 12.7. The van der Waals surface area contributed by atoms with Gasteiger partial charge in [0, 0.05) is 5.56 Å². The van der Waals surface area contributed by atoms with Crippen molar-refractivity contribution in [2.75, 3.05) is 0 Å². The van der Waals surface area contributed by atoms with Crippen LogP contribution in [-0.4, -0.2) is 4.98 Å². The standard InChI is InChI=1S/C29H31NO/c1-28(2,3)20-29(4,5)24-17-18-26-25(19-24)30-27(31-26)23-15-13-22(14-16-23)12-11-21-9-7-6-8-10-21/h6-19H,20H2,1-5H3. The lowest BCUT2D eigenvalue weighted by Crippen LogP contribution is -2.24. The Labute approximate surface area is 185 Å². The molecule has 1 aromatic heterocycles. The molecule has 0 saturated heterocycles. The van der Waals surface area contributed by atoms with Gasteiger partial charge in [0.1, 0.15) is 5.52 Å². The van der Waals surface area contributed by atoms with E-state index in [0.717, 1.165) is 28.6 Å². The minimum Gasteiger partial charge on any atom is -0.436 e. The summed E-state index contributed by atoms with van der Waals surface area (Å²) in [5.41, 5.74) is 6.73. The largest absolute Gasteiger partial charge is 0.436 e. The van der Waals surface area contributed by atoms with Gasteiger partial charge in [0.2, 0.25) is 5.89 Å². The Kier molecular flexibility index (Phi) is 5.58. The van der Waals surface area contributed by atoms with Crippen LogP contribution in [0.5, 0.6) is 0 Å². The van der Waals surface area contributed by atoms with Gasteiger partial charge in [-0.2, -0.15) is 0 Å². The summed E-state index contributed by atoms with van der Waals surface area (Å²) in [7, 11) is 0. The third-order valence-corrected chi connectivity index (χ3v) is 5.57. The zero-order valence-electron chi connectivity index (χ0n) is 19.1. The molecule has 4 rings (SSSR count). The first-order chi connectivity index (χ1) is 14.7. The van der Waals surface area contributed by atoms with E-state index >= 15 is 0 Å². The summed E-state index contributed by atoms with van der Waals surface area (Å²) in [6.07, 6.45) is 5.35. The van der Waals surface area contributed by atoms with Crippen molar-refractivity contribution in [2.24, 2.45) is 5.41 Å². The molecule has 0 N–H and O–H groups in total. The van der Waals surface area contributed by atoms with Gasteiger partial charge in [0.15, 0.2) is 5.58 Å². The summed E-state index contributed by atoms with van der Waals surface area (Å²) in [5.74, 6) is 0.666. The van der Waals surface area contributed by atoms with Crippen LogP contribution < -0.4 is 0 Å². The summed E-state index contributed by atoms with van der Waals surface area (Å²) >= 11 is 0. The van der Waals surface area contributed by atoms with E-state index in [-0.39, 0.29) is 10.8 Å². The first-order valence-electron chi connectivity index (χ1n) is 10.9. The molecule has 158 valence electrons. The number of fused-ring (bicyclic) bond motifs is 1. The molecule has 3 aromatic carbocycles. The van der Waals surface area contributed by atoms with Gasteiger partial charge in [-0.25, -0.2) is 4.98 Å². The predicted molar refractivity (Wildman–Crippen MR) is 132 cm³/mol. The van der Waals surface area contributed by atoms with Crippen LogP contribution in [0.25, 0.3) is 34.7 Å². The van der Waals surface area contributed by atoms with Gasteiger partial charge in [-0.05, 0) is 58.2 Å². The summed E-state index contributed by atoms with van der Waals surface area (Å²) in [4.78, 5) is 4.79. The number of benzene rings is 3. The van der Waals surface area contributed by atoms with Gasteiger partial charge in [-0.1, -0.05) is 95.3 Å². The van der Waals surface area contributed by atoms with Gasteiger partial charge in [-0.15, -0.1) is 0 Å². The topological polar surface area (TPSA) is 26.0 Å². The fourth-order valence-electron chi connectivity index (χ4n) is 4.39.